The molecule has 78 valence electrons. The largest absolute Gasteiger partial charge is 0.344 e. The molecule has 0 saturated heterocycles. The molecule has 0 amide bonds. The van der Waals surface area contributed by atoms with Gasteiger partial charge in [0.2, 0.25) is 0 Å². The van der Waals surface area contributed by atoms with Gasteiger partial charge in [0.25, 0.3) is 0 Å². The van der Waals surface area contributed by atoms with E-state index in [4.69, 9.17) is 9.47 Å². The fourth-order valence-corrected chi connectivity index (χ4v) is 1.37. The Kier molecular flexibility index (Phi) is 3.27. The lowest BCUT2D eigenvalue weighted by molar-refractivity contribution is -0.107. The lowest BCUT2D eigenvalue weighted by Crippen LogP contribution is -2.09. The van der Waals surface area contributed by atoms with Crippen molar-refractivity contribution in [3.05, 3.63) is 47.5 Å². The number of carbonyl (C=O) groups excluding carboxylic acids is 1. The lowest BCUT2D eigenvalue weighted by atomic mass is 10.2. The second kappa shape index (κ2) is 4.87. The molecule has 1 aliphatic rings. The Labute approximate surface area is 88.3 Å². The third-order valence-corrected chi connectivity index (χ3v) is 2.17. The molecule has 1 heterocycles. The van der Waals surface area contributed by atoms with Crippen LogP contribution in [-0.2, 0) is 20.9 Å². The topological polar surface area (TPSA) is 35.5 Å². The molecule has 0 aromatic heterocycles. The molecule has 0 fully saturated rings. The molecule has 3 heteroatoms. The number of rotatable bonds is 4. The molecule has 0 aliphatic carbocycles. The van der Waals surface area contributed by atoms with E-state index in [1.165, 1.54) is 0 Å². The minimum absolute atomic E-state index is 0.350. The standard InChI is InChI=1S/C12H12O3/c13-7-11-6-12(15-9-11)14-8-10-4-2-1-3-5-10/h1-7,12H,8-9H2/t12-/m1/s1. The lowest BCUT2D eigenvalue weighted by Gasteiger charge is -2.09. The van der Waals surface area contributed by atoms with Crippen molar-refractivity contribution in [3.63, 3.8) is 0 Å². The van der Waals surface area contributed by atoms with E-state index in [1.807, 2.05) is 30.3 Å². The summed E-state index contributed by atoms with van der Waals surface area (Å²) < 4.78 is 10.7. The molecular formula is C12H12O3. The quantitative estimate of drug-likeness (QED) is 0.700. The Morgan fingerprint density at radius 1 is 1.40 bits per heavy atom. The van der Waals surface area contributed by atoms with Crippen LogP contribution in [0, 0.1) is 0 Å². The van der Waals surface area contributed by atoms with Gasteiger partial charge in [0, 0.05) is 5.57 Å². The maximum absolute atomic E-state index is 10.4. The monoisotopic (exact) mass is 204 g/mol. The Morgan fingerprint density at radius 3 is 2.87 bits per heavy atom. The number of hydrogen-bond acceptors (Lipinski definition) is 3. The van der Waals surface area contributed by atoms with E-state index in [2.05, 4.69) is 0 Å². The first-order valence-corrected chi connectivity index (χ1v) is 4.81. The van der Waals surface area contributed by atoms with Crippen LogP contribution >= 0.6 is 0 Å². The molecule has 3 nitrogen and oxygen atoms in total. The van der Waals surface area contributed by atoms with Gasteiger partial charge in [-0.05, 0) is 11.6 Å². The van der Waals surface area contributed by atoms with Crippen LogP contribution in [0.4, 0.5) is 0 Å². The molecule has 0 spiro atoms. The van der Waals surface area contributed by atoms with E-state index < -0.39 is 0 Å². The van der Waals surface area contributed by atoms with E-state index in [-0.39, 0.29) is 6.29 Å². The molecule has 1 aromatic rings. The van der Waals surface area contributed by atoms with Crippen LogP contribution in [0.15, 0.2) is 42.0 Å². The van der Waals surface area contributed by atoms with Crippen LogP contribution in [0.25, 0.3) is 0 Å². The van der Waals surface area contributed by atoms with Crippen LogP contribution in [0.5, 0.6) is 0 Å². The minimum atomic E-state index is -0.384. The summed E-state index contributed by atoms with van der Waals surface area (Å²) in [6, 6.07) is 9.85. The highest BCUT2D eigenvalue weighted by atomic mass is 16.7. The van der Waals surface area contributed by atoms with Crippen molar-refractivity contribution in [1.29, 1.82) is 0 Å². The van der Waals surface area contributed by atoms with Gasteiger partial charge in [0.1, 0.15) is 6.29 Å². The molecule has 1 aliphatic heterocycles. The maximum atomic E-state index is 10.4. The highest BCUT2D eigenvalue weighted by Crippen LogP contribution is 2.13. The maximum Gasteiger partial charge on any atom is 0.178 e. The van der Waals surface area contributed by atoms with Gasteiger partial charge in [-0.2, -0.15) is 0 Å². The first-order chi connectivity index (χ1) is 7.38. The predicted octanol–water partition coefficient (Wildman–Crippen LogP) is 1.68. The fourth-order valence-electron chi connectivity index (χ4n) is 1.37. The third-order valence-electron chi connectivity index (χ3n) is 2.17. The second-order valence-corrected chi connectivity index (χ2v) is 3.34. The molecule has 0 N–H and O–H groups in total. The Morgan fingerprint density at radius 2 is 2.20 bits per heavy atom. The molecule has 2 rings (SSSR count). The number of carbonyl (C=O) groups is 1. The van der Waals surface area contributed by atoms with Gasteiger partial charge >= 0.3 is 0 Å². The van der Waals surface area contributed by atoms with Crippen molar-refractivity contribution in [2.24, 2.45) is 0 Å². The van der Waals surface area contributed by atoms with Gasteiger partial charge in [0.15, 0.2) is 6.29 Å². The van der Waals surface area contributed by atoms with Gasteiger partial charge in [0.05, 0.1) is 13.2 Å². The Hall–Kier alpha value is -1.45. The van der Waals surface area contributed by atoms with E-state index in [0.29, 0.717) is 18.8 Å². The zero-order valence-corrected chi connectivity index (χ0v) is 8.26. The SMILES string of the molecule is O=CC1=C[C@H](OCc2ccccc2)OC1. The predicted molar refractivity (Wildman–Crippen MR) is 55.1 cm³/mol. The molecule has 0 radical (unpaired) electrons. The third kappa shape index (κ3) is 2.75. The van der Waals surface area contributed by atoms with Crippen molar-refractivity contribution in [2.45, 2.75) is 12.9 Å². The van der Waals surface area contributed by atoms with Gasteiger partial charge in [-0.3, -0.25) is 4.79 Å². The minimum Gasteiger partial charge on any atom is -0.344 e. The van der Waals surface area contributed by atoms with Crippen LogP contribution in [0.2, 0.25) is 0 Å². The molecule has 0 unspecified atom stereocenters. The van der Waals surface area contributed by atoms with Crippen molar-refractivity contribution >= 4 is 6.29 Å². The second-order valence-electron chi connectivity index (χ2n) is 3.34. The van der Waals surface area contributed by atoms with E-state index in [0.717, 1.165) is 11.8 Å². The van der Waals surface area contributed by atoms with Gasteiger partial charge in [-0.25, -0.2) is 0 Å². The summed E-state index contributed by atoms with van der Waals surface area (Å²) >= 11 is 0. The van der Waals surface area contributed by atoms with Gasteiger partial charge < -0.3 is 9.47 Å². The average molecular weight is 204 g/mol. The van der Waals surface area contributed by atoms with E-state index >= 15 is 0 Å². The van der Waals surface area contributed by atoms with Crippen LogP contribution in [0.1, 0.15) is 5.56 Å². The van der Waals surface area contributed by atoms with Gasteiger partial charge in [-0.1, -0.05) is 30.3 Å². The Bertz CT molecular complexity index is 356. The van der Waals surface area contributed by atoms with Crippen LogP contribution < -0.4 is 0 Å². The average Bonchev–Trinajstić information content (AvgIpc) is 2.76. The highest BCUT2D eigenvalue weighted by Gasteiger charge is 2.15. The van der Waals surface area contributed by atoms with Crippen LogP contribution in [-0.4, -0.2) is 19.2 Å². The zero-order valence-electron chi connectivity index (χ0n) is 8.26. The van der Waals surface area contributed by atoms with E-state index in [9.17, 15) is 4.79 Å². The molecule has 1 aromatic carbocycles. The van der Waals surface area contributed by atoms with Crippen LogP contribution in [0.3, 0.4) is 0 Å². The summed E-state index contributed by atoms with van der Waals surface area (Å²) in [4.78, 5) is 10.4. The van der Waals surface area contributed by atoms with Crippen molar-refractivity contribution in [3.8, 4) is 0 Å². The van der Waals surface area contributed by atoms with E-state index in [1.54, 1.807) is 6.08 Å². The first-order valence-electron chi connectivity index (χ1n) is 4.81. The van der Waals surface area contributed by atoms with Crippen molar-refractivity contribution in [1.82, 2.24) is 0 Å². The summed E-state index contributed by atoms with van der Waals surface area (Å²) in [5, 5.41) is 0. The summed E-state index contributed by atoms with van der Waals surface area (Å²) in [7, 11) is 0. The molecular weight excluding hydrogens is 192 g/mol. The fraction of sp³-hybridized carbons (Fsp3) is 0.250. The summed E-state index contributed by atoms with van der Waals surface area (Å²) in [6.07, 6.45) is 2.12. The number of ether oxygens (including phenoxy) is 2. The highest BCUT2D eigenvalue weighted by molar-refractivity contribution is 5.74. The van der Waals surface area contributed by atoms with Gasteiger partial charge in [-0.15, -0.1) is 0 Å². The number of benzene rings is 1. The molecule has 15 heavy (non-hydrogen) atoms. The number of hydrogen-bond donors (Lipinski definition) is 0. The zero-order chi connectivity index (χ0) is 10.5. The first kappa shape index (κ1) is 10.1. The summed E-state index contributed by atoms with van der Waals surface area (Å²) in [5.74, 6) is 0. The van der Waals surface area contributed by atoms with Crippen molar-refractivity contribution < 1.29 is 14.3 Å². The molecule has 0 saturated carbocycles. The summed E-state index contributed by atoms with van der Waals surface area (Å²) in [6.45, 7) is 0.844. The Balaban J connectivity index is 1.85. The smallest absolute Gasteiger partial charge is 0.178 e. The number of aldehydes is 1. The molecule has 0 bridgehead atoms. The molecule has 1 atom stereocenters. The van der Waals surface area contributed by atoms with Crippen molar-refractivity contribution in [2.75, 3.05) is 6.61 Å². The summed E-state index contributed by atoms with van der Waals surface area (Å²) in [5.41, 5.74) is 1.74. The normalized spacial score (nSPS) is 20.0.